The molecule has 0 radical (unpaired) electrons. The fourth-order valence-electron chi connectivity index (χ4n) is 2.12. The second-order valence-corrected chi connectivity index (χ2v) is 5.78. The average Bonchev–Trinajstić information content (AvgIpc) is 2.43. The van der Waals surface area contributed by atoms with E-state index in [-0.39, 0.29) is 29.5 Å². The number of thioether (sulfide) groups is 1. The molecule has 7 heteroatoms. The van der Waals surface area contributed by atoms with Crippen molar-refractivity contribution in [2.24, 2.45) is 11.7 Å². The second kappa shape index (κ2) is 8.84. The predicted octanol–water partition coefficient (Wildman–Crippen LogP) is 0.397. The molecular formula is C13H22N2O4S. The van der Waals surface area contributed by atoms with E-state index in [9.17, 15) is 14.4 Å². The highest BCUT2D eigenvalue weighted by Crippen LogP contribution is 2.19. The van der Waals surface area contributed by atoms with Crippen LogP contribution in [0.3, 0.4) is 0 Å². The van der Waals surface area contributed by atoms with E-state index in [2.05, 4.69) is 0 Å². The minimum Gasteiger partial charge on any atom is -0.466 e. The van der Waals surface area contributed by atoms with Crippen LogP contribution in [0.1, 0.15) is 26.2 Å². The van der Waals surface area contributed by atoms with Crippen LogP contribution in [0.4, 0.5) is 0 Å². The van der Waals surface area contributed by atoms with Gasteiger partial charge >= 0.3 is 5.97 Å². The molecule has 20 heavy (non-hydrogen) atoms. The Balaban J connectivity index is 2.22. The summed E-state index contributed by atoms with van der Waals surface area (Å²) in [5, 5.41) is 0. The van der Waals surface area contributed by atoms with Gasteiger partial charge in [0.1, 0.15) is 0 Å². The number of esters is 1. The third-order valence-electron chi connectivity index (χ3n) is 3.17. The van der Waals surface area contributed by atoms with Crippen LogP contribution in [-0.2, 0) is 19.1 Å². The molecule has 0 bridgehead atoms. The quantitative estimate of drug-likeness (QED) is 0.543. The largest absolute Gasteiger partial charge is 0.466 e. The molecule has 0 saturated carbocycles. The molecule has 1 saturated heterocycles. The molecule has 2 amide bonds. The number of nitrogens with zero attached hydrogens (tertiary/aromatic N) is 1. The number of carbonyl (C=O) groups excluding carboxylic acids is 3. The number of hydrogen-bond donors (Lipinski definition) is 1. The Bertz CT molecular complexity index is 354. The molecule has 1 aliphatic heterocycles. The van der Waals surface area contributed by atoms with Gasteiger partial charge in [0.25, 0.3) is 0 Å². The zero-order valence-corrected chi connectivity index (χ0v) is 12.6. The van der Waals surface area contributed by atoms with Crippen LogP contribution in [0.5, 0.6) is 0 Å². The Morgan fingerprint density at radius 3 is 2.50 bits per heavy atom. The van der Waals surface area contributed by atoms with Gasteiger partial charge in [-0.05, 0) is 19.8 Å². The highest BCUT2D eigenvalue weighted by molar-refractivity contribution is 7.99. The summed E-state index contributed by atoms with van der Waals surface area (Å²) in [6.07, 6.45) is 1.74. The summed E-state index contributed by atoms with van der Waals surface area (Å²) in [6.45, 7) is 3.39. The lowest BCUT2D eigenvalue weighted by Crippen LogP contribution is -2.40. The number of carbonyl (C=O) groups is 3. The molecular weight excluding hydrogens is 280 g/mol. The van der Waals surface area contributed by atoms with Gasteiger partial charge in [-0.2, -0.15) is 11.8 Å². The first-order valence-electron chi connectivity index (χ1n) is 6.85. The number of amides is 2. The van der Waals surface area contributed by atoms with Gasteiger partial charge < -0.3 is 15.4 Å². The highest BCUT2D eigenvalue weighted by atomic mass is 32.2. The number of ether oxygens (including phenoxy) is 1. The van der Waals surface area contributed by atoms with Gasteiger partial charge in [-0.1, -0.05) is 0 Å². The van der Waals surface area contributed by atoms with E-state index in [1.807, 2.05) is 0 Å². The summed E-state index contributed by atoms with van der Waals surface area (Å²) in [5.41, 5.74) is 5.02. The molecule has 1 heterocycles. The first kappa shape index (κ1) is 16.8. The molecule has 2 N–H and O–H groups in total. The summed E-state index contributed by atoms with van der Waals surface area (Å²) in [4.78, 5) is 35.8. The lowest BCUT2D eigenvalue weighted by Gasteiger charge is -2.30. The van der Waals surface area contributed by atoms with Gasteiger partial charge in [0.2, 0.25) is 11.8 Å². The minimum absolute atomic E-state index is 0.0734. The van der Waals surface area contributed by atoms with Crippen LogP contribution in [0.25, 0.3) is 0 Å². The molecule has 1 fully saturated rings. The van der Waals surface area contributed by atoms with Crippen LogP contribution in [-0.4, -0.2) is 53.9 Å². The fraction of sp³-hybridized carbons (Fsp3) is 0.769. The van der Waals surface area contributed by atoms with E-state index < -0.39 is 0 Å². The van der Waals surface area contributed by atoms with E-state index >= 15 is 0 Å². The molecule has 0 spiro atoms. The third-order valence-corrected chi connectivity index (χ3v) is 4.15. The maximum atomic E-state index is 11.9. The van der Waals surface area contributed by atoms with Gasteiger partial charge in [-0.3, -0.25) is 14.4 Å². The van der Waals surface area contributed by atoms with Gasteiger partial charge in [-0.15, -0.1) is 0 Å². The summed E-state index contributed by atoms with van der Waals surface area (Å²) in [7, 11) is 0. The zero-order valence-electron chi connectivity index (χ0n) is 11.8. The molecule has 0 unspecified atom stereocenters. The Morgan fingerprint density at radius 2 is 1.95 bits per heavy atom. The van der Waals surface area contributed by atoms with Gasteiger partial charge in [0, 0.05) is 25.3 Å². The van der Waals surface area contributed by atoms with Crippen molar-refractivity contribution in [3.8, 4) is 0 Å². The van der Waals surface area contributed by atoms with E-state index in [1.165, 1.54) is 11.8 Å². The zero-order chi connectivity index (χ0) is 15.0. The Labute approximate surface area is 123 Å². The van der Waals surface area contributed by atoms with Crippen LogP contribution >= 0.6 is 11.8 Å². The Kier molecular flexibility index (Phi) is 7.43. The Hall–Kier alpha value is -1.24. The smallest absolute Gasteiger partial charge is 0.309 e. The monoisotopic (exact) mass is 302 g/mol. The lowest BCUT2D eigenvalue weighted by atomic mass is 9.97. The molecule has 0 aliphatic carbocycles. The standard InChI is InChI=1S/C13H22N2O4S/c1-2-19-13(18)10-3-6-15(7-4-10)12(17)5-8-20-9-11(14)16/h10H,2-9H2,1H3,(H2,14,16). The van der Waals surface area contributed by atoms with Gasteiger partial charge in [-0.25, -0.2) is 0 Å². The lowest BCUT2D eigenvalue weighted by molar-refractivity contribution is -0.151. The van der Waals surface area contributed by atoms with E-state index in [0.29, 0.717) is 44.7 Å². The van der Waals surface area contributed by atoms with Gasteiger partial charge in [0.05, 0.1) is 18.3 Å². The van der Waals surface area contributed by atoms with Crippen molar-refractivity contribution >= 4 is 29.5 Å². The number of piperidine rings is 1. The van der Waals surface area contributed by atoms with E-state index in [4.69, 9.17) is 10.5 Å². The maximum absolute atomic E-state index is 11.9. The number of primary amides is 1. The first-order valence-corrected chi connectivity index (χ1v) is 8.00. The van der Waals surface area contributed by atoms with Crippen molar-refractivity contribution in [3.63, 3.8) is 0 Å². The normalized spacial score (nSPS) is 15.9. The molecule has 0 atom stereocenters. The molecule has 6 nitrogen and oxygen atoms in total. The molecule has 1 rings (SSSR count). The van der Waals surface area contributed by atoms with Crippen molar-refractivity contribution in [1.82, 2.24) is 4.90 Å². The summed E-state index contributed by atoms with van der Waals surface area (Å²) < 4.78 is 4.99. The molecule has 0 aromatic carbocycles. The number of rotatable bonds is 7. The van der Waals surface area contributed by atoms with Crippen LogP contribution in [0, 0.1) is 5.92 Å². The van der Waals surface area contributed by atoms with Crippen LogP contribution in [0.2, 0.25) is 0 Å². The minimum atomic E-state index is -0.363. The third kappa shape index (κ3) is 5.81. The van der Waals surface area contributed by atoms with Gasteiger partial charge in [0.15, 0.2) is 0 Å². The molecule has 0 aromatic heterocycles. The number of likely N-dealkylation sites (tertiary alicyclic amines) is 1. The van der Waals surface area contributed by atoms with Crippen LogP contribution in [0.15, 0.2) is 0 Å². The SMILES string of the molecule is CCOC(=O)C1CCN(C(=O)CCSCC(N)=O)CC1. The maximum Gasteiger partial charge on any atom is 0.309 e. The summed E-state index contributed by atoms with van der Waals surface area (Å²) in [6, 6.07) is 0. The van der Waals surface area contributed by atoms with Crippen molar-refractivity contribution < 1.29 is 19.1 Å². The van der Waals surface area contributed by atoms with Crippen molar-refractivity contribution in [2.75, 3.05) is 31.2 Å². The first-order chi connectivity index (χ1) is 9.54. The van der Waals surface area contributed by atoms with Crippen molar-refractivity contribution in [2.45, 2.75) is 26.2 Å². The second-order valence-electron chi connectivity index (χ2n) is 4.68. The summed E-state index contributed by atoms with van der Waals surface area (Å²) in [5.74, 6) is 0.319. The number of hydrogen-bond acceptors (Lipinski definition) is 5. The van der Waals surface area contributed by atoms with E-state index in [1.54, 1.807) is 11.8 Å². The van der Waals surface area contributed by atoms with Crippen LogP contribution < -0.4 is 5.73 Å². The average molecular weight is 302 g/mol. The summed E-state index contributed by atoms with van der Waals surface area (Å²) >= 11 is 1.37. The van der Waals surface area contributed by atoms with Crippen molar-refractivity contribution in [3.05, 3.63) is 0 Å². The van der Waals surface area contributed by atoms with E-state index in [0.717, 1.165) is 0 Å². The number of nitrogens with two attached hydrogens (primary N) is 1. The fourth-order valence-corrected chi connectivity index (χ4v) is 2.78. The molecule has 114 valence electrons. The molecule has 0 aromatic rings. The topological polar surface area (TPSA) is 89.7 Å². The predicted molar refractivity (Wildman–Crippen MR) is 77.1 cm³/mol. The molecule has 1 aliphatic rings. The van der Waals surface area contributed by atoms with Crippen molar-refractivity contribution in [1.29, 1.82) is 0 Å². The Morgan fingerprint density at radius 1 is 1.30 bits per heavy atom. The highest BCUT2D eigenvalue weighted by Gasteiger charge is 2.27.